The molecule has 1 heterocycles. The van der Waals surface area contributed by atoms with Crippen molar-refractivity contribution in [3.8, 4) is 0 Å². The number of sulfone groups is 1. The summed E-state index contributed by atoms with van der Waals surface area (Å²) in [5.74, 6) is 0.328. The molecule has 0 saturated carbocycles. The van der Waals surface area contributed by atoms with Crippen molar-refractivity contribution in [3.63, 3.8) is 0 Å². The van der Waals surface area contributed by atoms with Crippen LogP contribution in [-0.4, -0.2) is 19.9 Å². The first kappa shape index (κ1) is 7.09. The Hall–Kier alpha value is -0.0200. The average molecular weight is 167 g/mol. The van der Waals surface area contributed by atoms with E-state index in [1.54, 1.807) is 6.08 Å². The first-order valence-electron chi connectivity index (χ1n) is 2.65. The van der Waals surface area contributed by atoms with Gasteiger partial charge in [0.15, 0.2) is 9.84 Å². The maximum absolute atomic E-state index is 10.7. The zero-order valence-electron chi connectivity index (χ0n) is 4.80. The molecule has 0 spiro atoms. The molecule has 0 bridgehead atoms. The van der Waals surface area contributed by atoms with Crippen LogP contribution in [0.2, 0.25) is 0 Å². The molecule has 0 amide bonds. The summed E-state index contributed by atoms with van der Waals surface area (Å²) >= 11 is 5.54. The Bertz CT molecular complexity index is 227. The van der Waals surface area contributed by atoms with Crippen LogP contribution in [0.4, 0.5) is 0 Å². The van der Waals surface area contributed by atoms with E-state index in [1.807, 2.05) is 0 Å². The fourth-order valence-electron chi connectivity index (χ4n) is 0.656. The Morgan fingerprint density at radius 2 is 2.22 bits per heavy atom. The largest absolute Gasteiger partial charge is 0.229 e. The number of hydrogen-bond acceptors (Lipinski definition) is 2. The van der Waals surface area contributed by atoms with Crippen molar-refractivity contribution in [1.82, 2.24) is 0 Å². The highest BCUT2D eigenvalue weighted by Crippen LogP contribution is 2.14. The van der Waals surface area contributed by atoms with Crippen LogP contribution in [0.5, 0.6) is 0 Å². The molecular formula is C5H7ClO2S. The Labute approximate surface area is 59.4 Å². The van der Waals surface area contributed by atoms with Crippen LogP contribution < -0.4 is 0 Å². The van der Waals surface area contributed by atoms with Crippen molar-refractivity contribution in [2.24, 2.45) is 0 Å². The molecule has 1 aliphatic rings. The van der Waals surface area contributed by atoms with Gasteiger partial charge in [0.1, 0.15) is 0 Å². The van der Waals surface area contributed by atoms with Crippen molar-refractivity contribution in [1.29, 1.82) is 0 Å². The Kier molecular flexibility index (Phi) is 1.82. The molecule has 0 saturated heterocycles. The summed E-state index contributed by atoms with van der Waals surface area (Å²) in [4.78, 5) is 0. The van der Waals surface area contributed by atoms with E-state index in [-0.39, 0.29) is 11.5 Å². The van der Waals surface area contributed by atoms with Gasteiger partial charge >= 0.3 is 0 Å². The van der Waals surface area contributed by atoms with Gasteiger partial charge in [-0.25, -0.2) is 8.42 Å². The summed E-state index contributed by atoms with van der Waals surface area (Å²) in [7, 11) is -2.78. The van der Waals surface area contributed by atoms with Crippen molar-refractivity contribution in [3.05, 3.63) is 11.1 Å². The van der Waals surface area contributed by atoms with Gasteiger partial charge in [0.05, 0.1) is 11.5 Å². The highest BCUT2D eigenvalue weighted by atomic mass is 35.5. The summed E-state index contributed by atoms with van der Waals surface area (Å²) in [5, 5.41) is 0.671. The lowest BCUT2D eigenvalue weighted by Crippen LogP contribution is -2.13. The molecule has 0 aliphatic carbocycles. The molecule has 4 heteroatoms. The summed E-state index contributed by atoms with van der Waals surface area (Å²) < 4.78 is 21.4. The van der Waals surface area contributed by atoms with Crippen molar-refractivity contribution >= 4 is 21.4 Å². The van der Waals surface area contributed by atoms with E-state index in [2.05, 4.69) is 0 Å². The number of hydrogen-bond donors (Lipinski definition) is 0. The number of halogens is 1. The van der Waals surface area contributed by atoms with Crippen LogP contribution in [-0.2, 0) is 9.84 Å². The Morgan fingerprint density at radius 3 is 2.56 bits per heavy atom. The van der Waals surface area contributed by atoms with Crippen LogP contribution >= 0.6 is 11.6 Å². The predicted octanol–water partition coefficient (Wildman–Crippen LogP) is 0.928. The minimum atomic E-state index is -2.78. The zero-order chi connectivity index (χ0) is 6.91. The third-order valence-corrected chi connectivity index (χ3v) is 3.05. The van der Waals surface area contributed by atoms with Crippen molar-refractivity contribution < 1.29 is 8.42 Å². The summed E-state index contributed by atoms with van der Waals surface area (Å²) in [6, 6.07) is 0. The second kappa shape index (κ2) is 2.31. The van der Waals surface area contributed by atoms with Crippen LogP contribution in [0, 0.1) is 0 Å². The molecule has 9 heavy (non-hydrogen) atoms. The zero-order valence-corrected chi connectivity index (χ0v) is 6.37. The molecule has 0 fully saturated rings. The standard InChI is InChI=1S/C5H7ClO2S/c6-5-1-3-9(7,8)4-2-5/h1H,2-4H2. The molecule has 0 aromatic heterocycles. The van der Waals surface area contributed by atoms with Crippen molar-refractivity contribution in [2.75, 3.05) is 11.5 Å². The fraction of sp³-hybridized carbons (Fsp3) is 0.600. The van der Waals surface area contributed by atoms with E-state index in [0.717, 1.165) is 0 Å². The van der Waals surface area contributed by atoms with Gasteiger partial charge in [-0.2, -0.15) is 0 Å². The minimum absolute atomic E-state index is 0.117. The fourth-order valence-corrected chi connectivity index (χ4v) is 2.18. The third kappa shape index (κ3) is 1.99. The topological polar surface area (TPSA) is 34.1 Å². The van der Waals surface area contributed by atoms with E-state index in [4.69, 9.17) is 11.6 Å². The maximum atomic E-state index is 10.7. The Balaban J connectivity index is 2.79. The van der Waals surface area contributed by atoms with Crippen LogP contribution in [0.1, 0.15) is 6.42 Å². The summed E-state index contributed by atoms with van der Waals surface area (Å²) in [5.41, 5.74) is 0. The molecule has 0 radical (unpaired) electrons. The van der Waals surface area contributed by atoms with Crippen LogP contribution in [0.25, 0.3) is 0 Å². The van der Waals surface area contributed by atoms with E-state index >= 15 is 0 Å². The van der Waals surface area contributed by atoms with Crippen LogP contribution in [0.15, 0.2) is 11.1 Å². The van der Waals surface area contributed by atoms with Gasteiger partial charge in [-0.1, -0.05) is 17.7 Å². The molecule has 1 aliphatic heterocycles. The lowest BCUT2D eigenvalue weighted by atomic mass is 10.4. The van der Waals surface area contributed by atoms with E-state index in [9.17, 15) is 8.42 Å². The molecule has 0 atom stereocenters. The van der Waals surface area contributed by atoms with Gasteiger partial charge in [-0.05, 0) is 6.42 Å². The molecule has 1 rings (SSSR count). The molecule has 0 unspecified atom stereocenters. The van der Waals surface area contributed by atoms with Crippen LogP contribution in [0.3, 0.4) is 0 Å². The summed E-state index contributed by atoms with van der Waals surface area (Å²) in [6.45, 7) is 0. The van der Waals surface area contributed by atoms with Gasteiger partial charge in [0.2, 0.25) is 0 Å². The average Bonchev–Trinajstić information content (AvgIpc) is 1.78. The molecular weight excluding hydrogens is 160 g/mol. The first-order chi connectivity index (χ1) is 4.10. The molecule has 0 aromatic rings. The smallest absolute Gasteiger partial charge is 0.154 e. The third-order valence-electron chi connectivity index (χ3n) is 1.21. The summed E-state index contributed by atoms with van der Waals surface area (Å²) in [6.07, 6.45) is 2.05. The maximum Gasteiger partial charge on any atom is 0.154 e. The lowest BCUT2D eigenvalue weighted by Gasteiger charge is -2.06. The first-order valence-corrected chi connectivity index (χ1v) is 4.85. The monoisotopic (exact) mass is 166 g/mol. The Morgan fingerprint density at radius 1 is 1.56 bits per heavy atom. The molecule has 0 aromatic carbocycles. The predicted molar refractivity (Wildman–Crippen MR) is 37.2 cm³/mol. The van der Waals surface area contributed by atoms with E-state index in [0.29, 0.717) is 11.5 Å². The second-order valence-corrected chi connectivity index (χ2v) is 4.73. The number of rotatable bonds is 0. The highest BCUT2D eigenvalue weighted by Gasteiger charge is 2.14. The second-order valence-electron chi connectivity index (χ2n) is 2.02. The lowest BCUT2D eigenvalue weighted by molar-refractivity contribution is 0.597. The SMILES string of the molecule is O=S1(=O)CC=C(Cl)CC1. The van der Waals surface area contributed by atoms with Gasteiger partial charge in [-0.3, -0.25) is 0 Å². The van der Waals surface area contributed by atoms with E-state index in [1.165, 1.54) is 0 Å². The highest BCUT2D eigenvalue weighted by molar-refractivity contribution is 7.91. The quantitative estimate of drug-likeness (QED) is 0.537. The van der Waals surface area contributed by atoms with Gasteiger partial charge in [0.25, 0.3) is 0 Å². The molecule has 2 nitrogen and oxygen atoms in total. The number of allylic oxidation sites excluding steroid dienone is 1. The molecule has 52 valence electrons. The van der Waals surface area contributed by atoms with Gasteiger partial charge in [0, 0.05) is 5.03 Å². The van der Waals surface area contributed by atoms with Crippen molar-refractivity contribution in [2.45, 2.75) is 6.42 Å². The normalized spacial score (nSPS) is 25.2. The van der Waals surface area contributed by atoms with E-state index < -0.39 is 9.84 Å². The van der Waals surface area contributed by atoms with Gasteiger partial charge in [-0.15, -0.1) is 0 Å². The van der Waals surface area contributed by atoms with Gasteiger partial charge < -0.3 is 0 Å². The molecule has 0 N–H and O–H groups in total. The minimum Gasteiger partial charge on any atom is -0.229 e.